The number of aryl methyl sites for hydroxylation is 4. The number of nitrogens with zero attached hydrogens (tertiary/aromatic N) is 2. The molecule has 5 heteroatoms. The van der Waals surface area contributed by atoms with E-state index >= 15 is 0 Å². The highest BCUT2D eigenvalue weighted by molar-refractivity contribution is 5.79. The summed E-state index contributed by atoms with van der Waals surface area (Å²) in [6.45, 7) is 6.93. The number of esters is 1. The van der Waals surface area contributed by atoms with Crippen LogP contribution in [0.5, 0.6) is 5.75 Å². The summed E-state index contributed by atoms with van der Waals surface area (Å²) in [5, 5.41) is 0. The molecular formula is C29H30N2O3. The lowest BCUT2D eigenvalue weighted by Gasteiger charge is -2.15. The molecule has 34 heavy (non-hydrogen) atoms. The first-order valence-electron chi connectivity index (χ1n) is 11.8. The summed E-state index contributed by atoms with van der Waals surface area (Å²) in [7, 11) is 1.43. The zero-order chi connectivity index (χ0) is 23.8. The molecule has 0 saturated heterocycles. The predicted molar refractivity (Wildman–Crippen MR) is 134 cm³/mol. The van der Waals surface area contributed by atoms with Gasteiger partial charge in [0.15, 0.2) is 0 Å². The Morgan fingerprint density at radius 1 is 1.09 bits per heavy atom. The second-order valence-electron chi connectivity index (χ2n) is 9.21. The molecule has 0 fully saturated rings. The van der Waals surface area contributed by atoms with Crippen LogP contribution >= 0.6 is 0 Å². The first-order chi connectivity index (χ1) is 16.4. The minimum absolute atomic E-state index is 0.0762. The minimum atomic E-state index is -0.197. The molecular weight excluding hydrogens is 424 g/mol. The summed E-state index contributed by atoms with van der Waals surface area (Å²) in [5.41, 5.74) is 9.54. The average Bonchev–Trinajstić information content (AvgIpc) is 3.37. The van der Waals surface area contributed by atoms with Crippen molar-refractivity contribution in [2.75, 3.05) is 13.7 Å². The van der Waals surface area contributed by atoms with Crippen LogP contribution in [0.3, 0.4) is 0 Å². The molecule has 0 amide bonds. The third-order valence-corrected chi connectivity index (χ3v) is 6.92. The molecule has 0 radical (unpaired) electrons. The van der Waals surface area contributed by atoms with Gasteiger partial charge in [-0.1, -0.05) is 30.3 Å². The van der Waals surface area contributed by atoms with Gasteiger partial charge in [-0.25, -0.2) is 4.98 Å². The summed E-state index contributed by atoms with van der Waals surface area (Å²) in [6, 6.07) is 19.4. The number of imidazole rings is 1. The van der Waals surface area contributed by atoms with Gasteiger partial charge in [-0.05, 0) is 80.1 Å². The van der Waals surface area contributed by atoms with E-state index in [2.05, 4.69) is 79.9 Å². The van der Waals surface area contributed by atoms with E-state index in [1.165, 1.54) is 35.1 Å². The van der Waals surface area contributed by atoms with Gasteiger partial charge >= 0.3 is 5.97 Å². The van der Waals surface area contributed by atoms with Crippen molar-refractivity contribution in [2.24, 2.45) is 0 Å². The number of aromatic nitrogens is 2. The fourth-order valence-corrected chi connectivity index (χ4v) is 5.00. The Hall–Kier alpha value is -3.60. The van der Waals surface area contributed by atoms with Crippen LogP contribution in [0.25, 0.3) is 16.7 Å². The van der Waals surface area contributed by atoms with E-state index in [1.54, 1.807) is 0 Å². The molecule has 0 N–H and O–H groups in total. The van der Waals surface area contributed by atoms with Gasteiger partial charge in [0.1, 0.15) is 11.6 Å². The van der Waals surface area contributed by atoms with Crippen molar-refractivity contribution in [3.63, 3.8) is 0 Å². The lowest BCUT2D eigenvalue weighted by molar-refractivity contribution is -0.141. The molecule has 0 saturated carbocycles. The van der Waals surface area contributed by atoms with Crippen LogP contribution < -0.4 is 4.74 Å². The third kappa shape index (κ3) is 4.07. The Balaban J connectivity index is 1.38. The monoisotopic (exact) mass is 454 g/mol. The number of hydrogen-bond acceptors (Lipinski definition) is 4. The molecule has 0 unspecified atom stereocenters. The number of methoxy groups -OCH3 is 1. The van der Waals surface area contributed by atoms with Gasteiger partial charge in [0.05, 0.1) is 36.9 Å². The standard InChI is InChI=1S/C29H30N2O3/c1-18-8-13-25-27(14-18)31(20(3)30-25)26-7-5-6-22(19(26)2)11-9-21-10-12-24-23(16-29(32)33-4)17-34-28(24)15-21/h5-8,10,12-15,23H,9,11,16-17H2,1-4H3/t23-/m1/s1. The van der Waals surface area contributed by atoms with E-state index in [-0.39, 0.29) is 11.9 Å². The van der Waals surface area contributed by atoms with Gasteiger partial charge in [-0.3, -0.25) is 9.36 Å². The minimum Gasteiger partial charge on any atom is -0.493 e. The Morgan fingerprint density at radius 2 is 1.94 bits per heavy atom. The molecule has 1 aliphatic rings. The Bertz CT molecular complexity index is 1390. The van der Waals surface area contributed by atoms with Crippen LogP contribution in [-0.2, 0) is 22.4 Å². The van der Waals surface area contributed by atoms with E-state index in [4.69, 9.17) is 14.5 Å². The lowest BCUT2D eigenvalue weighted by atomic mass is 9.94. The first-order valence-corrected chi connectivity index (χ1v) is 11.8. The maximum Gasteiger partial charge on any atom is 0.306 e. The van der Waals surface area contributed by atoms with Crippen molar-refractivity contribution in [2.45, 2.75) is 46.0 Å². The number of ether oxygens (including phenoxy) is 2. The third-order valence-electron chi connectivity index (χ3n) is 6.92. The maximum atomic E-state index is 11.7. The second-order valence-corrected chi connectivity index (χ2v) is 9.21. The Labute approximate surface area is 200 Å². The molecule has 174 valence electrons. The van der Waals surface area contributed by atoms with Gasteiger partial charge in [0.2, 0.25) is 0 Å². The molecule has 4 aromatic rings. The fraction of sp³-hybridized carbons (Fsp3) is 0.310. The average molecular weight is 455 g/mol. The van der Waals surface area contributed by atoms with Gasteiger partial charge in [0, 0.05) is 11.5 Å². The van der Waals surface area contributed by atoms with Crippen molar-refractivity contribution in [3.8, 4) is 11.4 Å². The Morgan fingerprint density at radius 3 is 2.76 bits per heavy atom. The van der Waals surface area contributed by atoms with Crippen LogP contribution in [0, 0.1) is 20.8 Å². The van der Waals surface area contributed by atoms with Crippen molar-refractivity contribution in [1.82, 2.24) is 9.55 Å². The molecule has 0 bridgehead atoms. The first kappa shape index (κ1) is 22.2. The summed E-state index contributed by atoms with van der Waals surface area (Å²) < 4.78 is 13.0. The molecule has 1 atom stereocenters. The summed E-state index contributed by atoms with van der Waals surface area (Å²) in [6.07, 6.45) is 2.22. The molecule has 5 rings (SSSR count). The molecule has 0 aliphatic carbocycles. The largest absolute Gasteiger partial charge is 0.493 e. The smallest absolute Gasteiger partial charge is 0.306 e. The summed E-state index contributed by atoms with van der Waals surface area (Å²) >= 11 is 0. The number of benzene rings is 3. The van der Waals surface area contributed by atoms with Crippen LogP contribution in [0.2, 0.25) is 0 Å². The van der Waals surface area contributed by atoms with E-state index in [0.717, 1.165) is 41.0 Å². The number of fused-ring (bicyclic) bond motifs is 2. The Kier molecular flexibility index (Phi) is 5.86. The van der Waals surface area contributed by atoms with E-state index in [1.807, 2.05) is 0 Å². The topological polar surface area (TPSA) is 53.4 Å². The van der Waals surface area contributed by atoms with Gasteiger partial charge < -0.3 is 9.47 Å². The van der Waals surface area contributed by atoms with E-state index in [0.29, 0.717) is 13.0 Å². The predicted octanol–water partition coefficient (Wildman–Crippen LogP) is 5.78. The maximum absolute atomic E-state index is 11.7. The lowest BCUT2D eigenvalue weighted by Crippen LogP contribution is -2.09. The van der Waals surface area contributed by atoms with Crippen LogP contribution in [0.1, 0.15) is 46.0 Å². The van der Waals surface area contributed by atoms with Crippen LogP contribution in [0.4, 0.5) is 0 Å². The summed E-state index contributed by atoms with van der Waals surface area (Å²) in [5.74, 6) is 1.77. The second kappa shape index (κ2) is 8.98. The van der Waals surface area contributed by atoms with Gasteiger partial charge in [-0.15, -0.1) is 0 Å². The quantitative estimate of drug-likeness (QED) is 0.347. The van der Waals surface area contributed by atoms with Gasteiger partial charge in [-0.2, -0.15) is 0 Å². The van der Waals surface area contributed by atoms with E-state index < -0.39 is 0 Å². The normalized spacial score (nSPS) is 14.8. The number of rotatable bonds is 6. The van der Waals surface area contributed by atoms with Crippen molar-refractivity contribution in [3.05, 3.63) is 88.2 Å². The SMILES string of the molecule is COC(=O)C[C@@H]1COc2cc(CCc3cccc(-n4c(C)nc5ccc(C)cc54)c3C)ccc21. The fourth-order valence-electron chi connectivity index (χ4n) is 5.00. The zero-order valence-electron chi connectivity index (χ0n) is 20.2. The highest BCUT2D eigenvalue weighted by atomic mass is 16.5. The number of carbonyl (C=O) groups is 1. The van der Waals surface area contributed by atoms with E-state index in [9.17, 15) is 4.79 Å². The van der Waals surface area contributed by atoms with Gasteiger partial charge in [0.25, 0.3) is 0 Å². The van der Waals surface area contributed by atoms with Crippen molar-refractivity contribution < 1.29 is 14.3 Å². The molecule has 5 nitrogen and oxygen atoms in total. The molecule has 0 spiro atoms. The summed E-state index contributed by atoms with van der Waals surface area (Å²) in [4.78, 5) is 16.5. The molecule has 3 aromatic carbocycles. The van der Waals surface area contributed by atoms with Crippen molar-refractivity contribution in [1.29, 1.82) is 0 Å². The highest BCUT2D eigenvalue weighted by Gasteiger charge is 2.27. The van der Waals surface area contributed by atoms with Crippen LogP contribution in [0.15, 0.2) is 54.6 Å². The van der Waals surface area contributed by atoms with Crippen molar-refractivity contribution >= 4 is 17.0 Å². The molecule has 1 aromatic heterocycles. The molecule has 2 heterocycles. The number of carbonyl (C=O) groups excluding carboxylic acids is 1. The highest BCUT2D eigenvalue weighted by Crippen LogP contribution is 2.37. The zero-order valence-corrected chi connectivity index (χ0v) is 20.2. The number of hydrogen-bond donors (Lipinski definition) is 0. The molecule has 1 aliphatic heterocycles. The van der Waals surface area contributed by atoms with Crippen LogP contribution in [-0.4, -0.2) is 29.2 Å².